The van der Waals surface area contributed by atoms with Crippen LogP contribution in [0, 0.1) is 5.39 Å². The number of diazo groups is 1. The Hall–Kier alpha value is -1.30. The smallest absolute Gasteiger partial charge is 0.496 e. The molecule has 0 heterocycles. The third-order valence-electron chi connectivity index (χ3n) is 1.26. The van der Waals surface area contributed by atoms with Crippen LogP contribution in [-0.4, -0.2) is 14.4 Å². The van der Waals surface area contributed by atoms with Gasteiger partial charge in [-0.05, 0) is 28.1 Å². The zero-order valence-corrected chi connectivity index (χ0v) is 9.59. The Morgan fingerprint density at radius 1 is 1.31 bits per heavy atom. The van der Waals surface area contributed by atoms with Gasteiger partial charge in [0.2, 0.25) is 5.39 Å². The predicted molar refractivity (Wildman–Crippen MR) is 55.6 cm³/mol. The molecular formula is C7H6BBrF4N2O. The molecule has 0 saturated carbocycles. The number of rotatable bonds is 1. The number of ether oxygens (including phenoxy) is 1. The van der Waals surface area contributed by atoms with E-state index >= 15 is 0 Å². The van der Waals surface area contributed by atoms with Gasteiger partial charge in [-0.25, -0.2) is 0 Å². The van der Waals surface area contributed by atoms with Gasteiger partial charge in [-0.1, -0.05) is 0 Å². The number of hydrogen-bond donors (Lipinski definition) is 0. The highest BCUT2D eigenvalue weighted by atomic mass is 79.9. The lowest BCUT2D eigenvalue weighted by molar-refractivity contribution is 0.368. The molecule has 0 aliphatic rings. The van der Waals surface area contributed by atoms with Crippen LogP contribution in [-0.2, 0) is 0 Å². The van der Waals surface area contributed by atoms with Gasteiger partial charge < -0.3 is 22.0 Å². The van der Waals surface area contributed by atoms with Gasteiger partial charge in [0.05, 0.1) is 13.2 Å². The van der Waals surface area contributed by atoms with E-state index in [2.05, 4.69) is 20.9 Å². The maximum absolute atomic E-state index is 9.75. The monoisotopic (exact) mass is 300 g/mol. The first-order chi connectivity index (χ1) is 7.27. The summed E-state index contributed by atoms with van der Waals surface area (Å²) in [5, 5.41) is 8.48. The third-order valence-corrected chi connectivity index (χ3v) is 1.93. The Kier molecular flexibility index (Phi) is 5.81. The normalized spacial score (nSPS) is 9.81. The summed E-state index contributed by atoms with van der Waals surface area (Å²) in [7, 11) is -4.44. The lowest BCUT2D eigenvalue weighted by Gasteiger charge is -1.94. The minimum absolute atomic E-state index is 0.462. The van der Waals surface area contributed by atoms with Crippen molar-refractivity contribution in [1.82, 2.24) is 0 Å². The maximum Gasteiger partial charge on any atom is 0.673 e. The van der Waals surface area contributed by atoms with Crippen molar-refractivity contribution >= 4 is 28.9 Å². The van der Waals surface area contributed by atoms with E-state index in [1.165, 1.54) is 0 Å². The van der Waals surface area contributed by atoms with E-state index in [4.69, 9.17) is 10.1 Å². The zero-order chi connectivity index (χ0) is 12.8. The Labute approximate surface area is 97.3 Å². The van der Waals surface area contributed by atoms with E-state index in [-0.39, 0.29) is 0 Å². The second-order valence-electron chi connectivity index (χ2n) is 2.41. The molecule has 0 unspecified atom stereocenters. The molecule has 88 valence electrons. The van der Waals surface area contributed by atoms with E-state index in [0.29, 0.717) is 11.4 Å². The van der Waals surface area contributed by atoms with Crippen molar-refractivity contribution in [2.75, 3.05) is 7.11 Å². The van der Waals surface area contributed by atoms with Crippen LogP contribution in [0.2, 0.25) is 0 Å². The molecular weight excluding hydrogens is 295 g/mol. The first kappa shape index (κ1) is 14.7. The first-order valence-corrected chi connectivity index (χ1v) is 4.63. The molecule has 16 heavy (non-hydrogen) atoms. The van der Waals surface area contributed by atoms with Crippen LogP contribution in [0.15, 0.2) is 22.7 Å². The van der Waals surface area contributed by atoms with Gasteiger partial charge in [-0.15, -0.1) is 0 Å². The Morgan fingerprint density at radius 3 is 2.19 bits per heavy atom. The number of halogens is 5. The highest BCUT2D eigenvalue weighted by molar-refractivity contribution is 9.10. The van der Waals surface area contributed by atoms with E-state index in [9.17, 15) is 17.3 Å². The van der Waals surface area contributed by atoms with Gasteiger partial charge in [0.15, 0.2) is 4.98 Å². The summed E-state index contributed by atoms with van der Waals surface area (Å²) in [6.07, 6.45) is 0. The zero-order valence-electron chi connectivity index (χ0n) is 8.00. The standard InChI is InChI=1S/C7H6BrN2O.BF4/c1-11-5-2-3-6(8)7(4-5)10-9;2-1(3,4)5/h2-4H,1H3;/q+1;-1. The minimum atomic E-state index is -6.00. The Morgan fingerprint density at radius 2 is 1.81 bits per heavy atom. The molecule has 0 amide bonds. The van der Waals surface area contributed by atoms with Gasteiger partial charge >= 0.3 is 12.9 Å². The SMILES string of the molecule is COc1ccc(Br)c([N+]#N)c1.F[B-](F)(F)F. The van der Waals surface area contributed by atoms with Crippen LogP contribution in [0.5, 0.6) is 5.75 Å². The molecule has 0 spiro atoms. The fraction of sp³-hybridized carbons (Fsp3) is 0.143. The van der Waals surface area contributed by atoms with Crippen LogP contribution in [0.25, 0.3) is 4.98 Å². The third kappa shape index (κ3) is 7.06. The predicted octanol–water partition coefficient (Wildman–Crippen LogP) is 4.24. The molecule has 3 nitrogen and oxygen atoms in total. The van der Waals surface area contributed by atoms with Crippen molar-refractivity contribution in [1.29, 1.82) is 5.39 Å². The van der Waals surface area contributed by atoms with Crippen molar-refractivity contribution in [2.45, 2.75) is 0 Å². The van der Waals surface area contributed by atoms with Crippen LogP contribution < -0.4 is 4.74 Å². The quantitative estimate of drug-likeness (QED) is 0.442. The maximum atomic E-state index is 9.75. The second kappa shape index (κ2) is 6.32. The number of benzene rings is 1. The van der Waals surface area contributed by atoms with Crippen molar-refractivity contribution < 1.29 is 22.0 Å². The Bertz CT molecular complexity index is 387. The second-order valence-corrected chi connectivity index (χ2v) is 3.27. The van der Waals surface area contributed by atoms with Crippen molar-refractivity contribution in [3.63, 3.8) is 0 Å². The van der Waals surface area contributed by atoms with Crippen molar-refractivity contribution in [3.8, 4) is 5.75 Å². The van der Waals surface area contributed by atoms with Gasteiger partial charge in [-0.3, -0.25) is 0 Å². The summed E-state index contributed by atoms with van der Waals surface area (Å²) in [6, 6.07) is 5.16. The molecule has 0 saturated heterocycles. The van der Waals surface area contributed by atoms with Gasteiger partial charge in [0.1, 0.15) is 10.2 Å². The molecule has 0 fully saturated rings. The van der Waals surface area contributed by atoms with Gasteiger partial charge in [0, 0.05) is 0 Å². The molecule has 0 aliphatic heterocycles. The fourth-order valence-electron chi connectivity index (χ4n) is 0.696. The average molecular weight is 301 g/mol. The summed E-state index contributed by atoms with van der Waals surface area (Å²) in [6.45, 7) is 0. The molecule has 1 aromatic carbocycles. The largest absolute Gasteiger partial charge is 0.673 e. The Balaban J connectivity index is 0.000000385. The molecule has 0 bridgehead atoms. The number of nitrogens with zero attached hydrogens (tertiary/aromatic N) is 2. The molecule has 0 aromatic heterocycles. The fourth-order valence-corrected chi connectivity index (χ4v) is 1.02. The average Bonchev–Trinajstić information content (AvgIpc) is 2.16. The molecule has 1 aromatic rings. The van der Waals surface area contributed by atoms with E-state index in [1.807, 2.05) is 0 Å². The lowest BCUT2D eigenvalue weighted by Crippen LogP contribution is -2.02. The summed E-state index contributed by atoms with van der Waals surface area (Å²) < 4.78 is 44.7. The minimum Gasteiger partial charge on any atom is -0.496 e. The van der Waals surface area contributed by atoms with Crippen LogP contribution in [0.4, 0.5) is 23.0 Å². The number of methoxy groups -OCH3 is 1. The summed E-state index contributed by atoms with van der Waals surface area (Å²) >= 11 is 3.21. The molecule has 0 N–H and O–H groups in total. The molecule has 0 aliphatic carbocycles. The van der Waals surface area contributed by atoms with E-state index < -0.39 is 7.25 Å². The van der Waals surface area contributed by atoms with Crippen molar-refractivity contribution in [2.24, 2.45) is 0 Å². The van der Waals surface area contributed by atoms with Gasteiger partial charge in [-0.2, -0.15) is 0 Å². The molecule has 1 rings (SSSR count). The lowest BCUT2D eigenvalue weighted by atomic mass is 10.3. The van der Waals surface area contributed by atoms with E-state index in [0.717, 1.165) is 4.47 Å². The molecule has 0 atom stereocenters. The molecule has 0 radical (unpaired) electrons. The van der Waals surface area contributed by atoms with Crippen molar-refractivity contribution in [3.05, 3.63) is 27.6 Å². The summed E-state index contributed by atoms with van der Waals surface area (Å²) in [5.74, 6) is 0.668. The highest BCUT2D eigenvalue weighted by Gasteiger charge is 2.20. The van der Waals surface area contributed by atoms with Crippen LogP contribution >= 0.6 is 15.9 Å². The molecule has 9 heteroatoms. The van der Waals surface area contributed by atoms with Crippen LogP contribution in [0.1, 0.15) is 0 Å². The van der Waals surface area contributed by atoms with E-state index in [1.54, 1.807) is 25.3 Å². The topological polar surface area (TPSA) is 37.4 Å². The highest BCUT2D eigenvalue weighted by Crippen LogP contribution is 2.29. The van der Waals surface area contributed by atoms with Gasteiger partial charge in [0.25, 0.3) is 0 Å². The summed E-state index contributed by atoms with van der Waals surface area (Å²) in [5.41, 5.74) is 0.462. The first-order valence-electron chi connectivity index (χ1n) is 3.84. The number of hydrogen-bond acceptors (Lipinski definition) is 2. The van der Waals surface area contributed by atoms with Crippen LogP contribution in [0.3, 0.4) is 0 Å². The summed E-state index contributed by atoms with van der Waals surface area (Å²) in [4.78, 5) is 3.05.